The summed E-state index contributed by atoms with van der Waals surface area (Å²) < 4.78 is 72.2. The fourth-order valence-corrected chi connectivity index (χ4v) is 64.2. The van der Waals surface area contributed by atoms with E-state index in [0.29, 0.717) is 0 Å². The van der Waals surface area contributed by atoms with Gasteiger partial charge in [-0.2, -0.15) is 0 Å². The molecule has 0 bridgehead atoms. The van der Waals surface area contributed by atoms with E-state index in [0.717, 1.165) is 0 Å². The molecule has 12 nitrogen and oxygen atoms in total. The van der Waals surface area contributed by atoms with Crippen LogP contribution in [-0.4, -0.2) is 108 Å². The molecule has 1 N–H and O–H groups in total. The molecule has 0 radical (unpaired) electrons. The van der Waals surface area contributed by atoms with Crippen molar-refractivity contribution in [1.29, 1.82) is 0 Å². The van der Waals surface area contributed by atoms with Crippen LogP contribution in [0.3, 0.4) is 0 Å². The molecule has 0 atom stereocenters. The third kappa shape index (κ3) is 23.7. The maximum atomic E-state index is 10.3. The SMILES string of the molecule is C[SiH](C)O[Si](C)(C)O[Si](C)(C)O[Si](C)(C)O[Si](C)(C)O[Si](C)(C)O[Si](C)(C)O[Si](C)(C)O[Si](C)(C)O[Si](C)(C)O[Si](C)(C)O[Si](C)(C)O. The van der Waals surface area contributed by atoms with Gasteiger partial charge < -0.3 is 50.1 Å². The summed E-state index contributed by atoms with van der Waals surface area (Å²) in [7, 11) is -30.2. The van der Waals surface area contributed by atoms with E-state index in [1.165, 1.54) is 0 Å². The minimum Gasteiger partial charge on any atom is -0.440 e. The van der Waals surface area contributed by atoms with Crippen LogP contribution in [0.15, 0.2) is 0 Å². The molecule has 24 heteroatoms. The Bertz CT molecular complexity index is 1030. The molecular weight excluding hydrogens is 817 g/mol. The average Bonchev–Trinajstić information content (AvgIpc) is 2.53. The first-order valence-electron chi connectivity index (χ1n) is 16.9. The Hall–Kier alpha value is 2.12. The molecule has 0 aliphatic rings. The predicted octanol–water partition coefficient (Wildman–Crippen LogP) is 7.86. The molecule has 48 heavy (non-hydrogen) atoms. The van der Waals surface area contributed by atoms with Gasteiger partial charge in [0.1, 0.15) is 0 Å². The van der Waals surface area contributed by atoms with E-state index in [-0.39, 0.29) is 0 Å². The van der Waals surface area contributed by atoms with Crippen molar-refractivity contribution in [3.05, 3.63) is 0 Å². The molecule has 0 amide bonds. The summed E-state index contributed by atoms with van der Waals surface area (Å²) in [6, 6.07) is 0. The second-order valence-electron chi connectivity index (χ2n) is 17.6. The van der Waals surface area contributed by atoms with Gasteiger partial charge in [0, 0.05) is 0 Å². The van der Waals surface area contributed by atoms with Gasteiger partial charge in [-0.15, -0.1) is 0 Å². The van der Waals surface area contributed by atoms with E-state index in [4.69, 9.17) is 45.3 Å². The normalized spacial score (nSPS) is 15.9. The topological polar surface area (TPSA) is 122 Å². The molecule has 0 spiro atoms. The third-order valence-electron chi connectivity index (χ3n) is 5.44. The van der Waals surface area contributed by atoms with E-state index in [1.807, 2.05) is 65.5 Å². The zero-order valence-electron chi connectivity index (χ0n) is 35.0. The summed E-state index contributed by atoms with van der Waals surface area (Å²) in [5.74, 6) is 0. The Labute approximate surface area is 308 Å². The van der Waals surface area contributed by atoms with Crippen LogP contribution >= 0.6 is 0 Å². The Kier molecular flexibility index (Phi) is 17.6. The minimum atomic E-state index is -2.75. The van der Waals surface area contributed by atoms with Crippen LogP contribution in [0, 0.1) is 0 Å². The van der Waals surface area contributed by atoms with Crippen LogP contribution < -0.4 is 0 Å². The smallest absolute Gasteiger partial charge is 0.320 e. The summed E-state index contributed by atoms with van der Waals surface area (Å²) >= 11 is 0. The number of hydrogen-bond donors (Lipinski definition) is 1. The molecule has 0 aromatic heterocycles. The molecule has 0 saturated carbocycles. The molecule has 0 aliphatic heterocycles. The van der Waals surface area contributed by atoms with Gasteiger partial charge in [0.2, 0.25) is 0 Å². The lowest BCUT2D eigenvalue weighted by molar-refractivity contribution is 0.252. The van der Waals surface area contributed by atoms with Crippen molar-refractivity contribution in [2.45, 2.75) is 157 Å². The number of hydrogen-bond acceptors (Lipinski definition) is 12. The highest BCUT2D eigenvalue weighted by atomic mass is 28.5. The molecule has 0 saturated heterocycles. The number of rotatable bonds is 22. The molecule has 0 fully saturated rings. The Morgan fingerprint density at radius 2 is 0.417 bits per heavy atom. The van der Waals surface area contributed by atoms with Crippen molar-refractivity contribution >= 4 is 103 Å². The second-order valence-corrected chi connectivity index (χ2v) is 59.7. The van der Waals surface area contributed by atoms with Crippen molar-refractivity contribution < 1.29 is 50.1 Å². The Morgan fingerprint density at radius 3 is 0.562 bits per heavy atom. The fraction of sp³-hybridized carbons (Fsp3) is 1.00. The van der Waals surface area contributed by atoms with Gasteiger partial charge in [0.15, 0.2) is 9.04 Å². The minimum absolute atomic E-state index is 1.23. The molecule has 0 aromatic rings. The van der Waals surface area contributed by atoms with Crippen molar-refractivity contribution in [1.82, 2.24) is 0 Å². The van der Waals surface area contributed by atoms with Crippen molar-refractivity contribution in [2.75, 3.05) is 0 Å². The van der Waals surface area contributed by atoms with E-state index in [2.05, 4.69) is 78.6 Å². The lowest BCUT2D eigenvalue weighted by atomic mass is 11.9. The lowest BCUT2D eigenvalue weighted by Crippen LogP contribution is -2.62. The first kappa shape index (κ1) is 50.1. The summed E-state index contributed by atoms with van der Waals surface area (Å²) in [6.07, 6.45) is 0. The molecule has 0 rings (SSSR count). The van der Waals surface area contributed by atoms with Gasteiger partial charge in [0.25, 0.3) is 0 Å². The molecule has 0 aliphatic carbocycles. The van der Waals surface area contributed by atoms with Crippen LogP contribution in [-0.2, 0) is 45.3 Å². The maximum Gasteiger partial charge on any atom is 0.320 e. The van der Waals surface area contributed by atoms with Gasteiger partial charge in [0.05, 0.1) is 0 Å². The average molecular weight is 892 g/mol. The highest BCUT2D eigenvalue weighted by Crippen LogP contribution is 2.31. The van der Waals surface area contributed by atoms with E-state index in [9.17, 15) is 4.80 Å². The molecule has 290 valence electrons. The van der Waals surface area contributed by atoms with Gasteiger partial charge in [-0.1, -0.05) is 0 Å². The van der Waals surface area contributed by atoms with E-state index < -0.39 is 103 Å². The van der Waals surface area contributed by atoms with Crippen molar-refractivity contribution in [3.8, 4) is 0 Å². The fourth-order valence-electron chi connectivity index (χ4n) is 6.71. The summed E-state index contributed by atoms with van der Waals surface area (Å²) in [5, 5.41) is 0. The standard InChI is InChI=1S/C24H74O12Si12/c1-37(2)26-39(5,6)28-41(9,10)30-43(13,14)32-45(17,18)34-47(21,22)36-48(23,24)35-46(19,20)33-44(15,16)31-42(11,12)29-40(7,8)27-38(3,4)25/h25,37H,1-24H3. The zero-order chi connectivity index (χ0) is 38.9. The largest absolute Gasteiger partial charge is 0.440 e. The second kappa shape index (κ2) is 16.9. The quantitative estimate of drug-likeness (QED) is 0.107. The maximum absolute atomic E-state index is 10.3. The van der Waals surface area contributed by atoms with Crippen LogP contribution in [0.25, 0.3) is 0 Å². The van der Waals surface area contributed by atoms with Crippen LogP contribution in [0.4, 0.5) is 0 Å². The Balaban J connectivity index is 5.53. The summed E-state index contributed by atoms with van der Waals surface area (Å²) in [5.41, 5.74) is 0. The highest BCUT2D eigenvalue weighted by Gasteiger charge is 2.51. The third-order valence-corrected chi connectivity index (χ3v) is 49.0. The molecule has 0 aromatic carbocycles. The monoisotopic (exact) mass is 890 g/mol. The lowest BCUT2D eigenvalue weighted by Gasteiger charge is -2.44. The molecule has 0 heterocycles. The molecular formula is C24H74O12Si12. The first-order chi connectivity index (χ1) is 20.5. The predicted molar refractivity (Wildman–Crippen MR) is 225 cm³/mol. The van der Waals surface area contributed by atoms with Gasteiger partial charge in [-0.25, -0.2) is 0 Å². The Morgan fingerprint density at radius 1 is 0.271 bits per heavy atom. The van der Waals surface area contributed by atoms with E-state index >= 15 is 0 Å². The van der Waals surface area contributed by atoms with Crippen LogP contribution in [0.2, 0.25) is 157 Å². The zero-order valence-corrected chi connectivity index (χ0v) is 47.2. The summed E-state index contributed by atoms with van der Waals surface area (Å²) in [6.45, 7) is 48.6. The van der Waals surface area contributed by atoms with Crippen molar-refractivity contribution in [3.63, 3.8) is 0 Å². The van der Waals surface area contributed by atoms with Crippen molar-refractivity contribution in [2.24, 2.45) is 0 Å². The molecule has 0 unspecified atom stereocenters. The first-order valence-corrected chi connectivity index (χ1v) is 50.7. The van der Waals surface area contributed by atoms with Gasteiger partial charge >= 0.3 is 94.2 Å². The van der Waals surface area contributed by atoms with Crippen LogP contribution in [0.5, 0.6) is 0 Å². The van der Waals surface area contributed by atoms with Crippen LogP contribution in [0.1, 0.15) is 0 Å². The summed E-state index contributed by atoms with van der Waals surface area (Å²) in [4.78, 5) is 10.3. The van der Waals surface area contributed by atoms with E-state index in [1.54, 1.807) is 13.1 Å². The van der Waals surface area contributed by atoms with Gasteiger partial charge in [-0.3, -0.25) is 0 Å². The van der Waals surface area contributed by atoms with Gasteiger partial charge in [-0.05, 0) is 157 Å². The highest BCUT2D eigenvalue weighted by molar-refractivity contribution is 6.93.